The summed E-state index contributed by atoms with van der Waals surface area (Å²) in [5.74, 6) is 7.61. The second-order valence-electron chi connectivity index (χ2n) is 41.3. The smallest absolute Gasteiger partial charge is 0.164 e. The van der Waals surface area contributed by atoms with Crippen LogP contribution < -0.4 is 18.9 Å². The van der Waals surface area contributed by atoms with E-state index in [1.54, 1.807) is 0 Å². The van der Waals surface area contributed by atoms with Crippen molar-refractivity contribution in [2.45, 2.75) is 518 Å². The fourth-order valence-electron chi connectivity index (χ4n) is 20.7. The van der Waals surface area contributed by atoms with Crippen molar-refractivity contribution in [1.82, 2.24) is 39.9 Å². The normalized spacial score (nSPS) is 12.1. The number of ether oxygens (including phenoxy) is 4. The van der Waals surface area contributed by atoms with Crippen molar-refractivity contribution in [2.24, 2.45) is 23.7 Å². The Bertz CT molecular complexity index is 3940. The number of nitrogens with one attached hydrogen (secondary N) is 2. The number of hydrogen-bond donors (Lipinski definition) is 2. The fourth-order valence-corrected chi connectivity index (χ4v) is 20.7. The molecule has 0 amide bonds. The molecule has 2 aliphatic rings. The third kappa shape index (κ3) is 42.2. The summed E-state index contributed by atoms with van der Waals surface area (Å²) in [7, 11) is 0. The van der Waals surface area contributed by atoms with Crippen LogP contribution in [0.5, 0.6) is 23.0 Å². The second kappa shape index (κ2) is 69.3. The first kappa shape index (κ1) is 109. The van der Waals surface area contributed by atoms with Crippen LogP contribution in [0.2, 0.25) is 0 Å². The van der Waals surface area contributed by atoms with Crippen molar-refractivity contribution in [1.29, 1.82) is 0 Å². The highest BCUT2D eigenvalue weighted by Gasteiger charge is 2.27. The van der Waals surface area contributed by atoms with Crippen LogP contribution in [0.25, 0.3) is 89.7 Å². The topological polar surface area (TPSA) is 146 Å². The van der Waals surface area contributed by atoms with Gasteiger partial charge in [-0.3, -0.25) is 0 Å². The van der Waals surface area contributed by atoms with Crippen LogP contribution in [-0.4, -0.2) is 66.3 Å². The summed E-state index contributed by atoms with van der Waals surface area (Å²) in [5.41, 5.74) is 6.24. The highest BCUT2D eigenvalue weighted by molar-refractivity contribution is 6.07. The molecule has 0 aliphatic carbocycles. The Morgan fingerprint density at radius 2 is 0.356 bits per heavy atom. The molecule has 7 aromatic rings. The van der Waals surface area contributed by atoms with Crippen LogP contribution in [0.3, 0.4) is 0 Å². The largest absolute Gasteiger partial charge is 0.493 e. The summed E-state index contributed by atoms with van der Waals surface area (Å²) in [6.45, 7) is 21.3. The third-order valence-corrected chi connectivity index (χ3v) is 29.4. The van der Waals surface area contributed by atoms with E-state index in [0.29, 0.717) is 96.0 Å². The Hall–Kier alpha value is -6.56. The molecule has 4 aromatic carbocycles. The first-order valence-electron chi connectivity index (χ1n) is 57.2. The van der Waals surface area contributed by atoms with E-state index in [1.807, 2.05) is 0 Å². The molecule has 0 saturated carbocycles. The number of fused-ring (bicyclic) bond motifs is 20. The van der Waals surface area contributed by atoms with Crippen LogP contribution in [0.1, 0.15) is 518 Å². The molecule has 5 heterocycles. The number of benzene rings is 4. The average Bonchev–Trinajstić information content (AvgIpc) is 1.60. The Balaban J connectivity index is 1.14. The molecular formula is C120H194N8O4. The van der Waals surface area contributed by atoms with E-state index >= 15 is 0 Å². The molecule has 0 saturated heterocycles. The standard InChI is InChI=1S/C120H194N8O4/c1-9-17-25-33-41-49-57-65-73-97(74-66-58-50-42-34-26-18-10-2)93-129-101-81-85-105-109(89-101)117-121-113(105)126-118-111-91-103(131-95-99(77-69-61-53-45-37-29-21-13-5)78-70-62-54-46-38-30-22-14-6)83-87-107(111)115(123-118)128-120-112-92-104(132-96-100(79-71-63-55-47-39-31-23-15-7)80-72-64-56-48-40-32-24-16-8)84-88-108(112)116(124-120)127-119-110-90-102(82-86-106(110)114(122-119)125-117)130-94-98(75-67-59-51-43-35-27-19-11-3)76-68-60-52-44-36-28-20-12-4/h81-92,97-100H,9-80,93-96H2,1-8H3,(H2,121,122,123,124,125,126,127,128). The number of aromatic nitrogens is 8. The van der Waals surface area contributed by atoms with Crippen molar-refractivity contribution in [2.75, 3.05) is 26.4 Å². The van der Waals surface area contributed by atoms with E-state index in [0.717, 1.165) is 66.8 Å². The zero-order chi connectivity index (χ0) is 92.6. The lowest BCUT2D eigenvalue weighted by atomic mass is 9.94. The summed E-state index contributed by atoms with van der Waals surface area (Å²) >= 11 is 0. The summed E-state index contributed by atoms with van der Waals surface area (Å²) < 4.78 is 28.4. The van der Waals surface area contributed by atoms with Crippen molar-refractivity contribution >= 4 is 44.1 Å². The van der Waals surface area contributed by atoms with E-state index in [2.05, 4.69) is 138 Å². The predicted molar refractivity (Wildman–Crippen MR) is 570 cm³/mol. The molecule has 3 aromatic heterocycles. The van der Waals surface area contributed by atoms with Gasteiger partial charge in [0.1, 0.15) is 45.6 Å². The molecular weight excluding hydrogens is 1620 g/mol. The van der Waals surface area contributed by atoms with Gasteiger partial charge >= 0.3 is 0 Å². The van der Waals surface area contributed by atoms with E-state index < -0.39 is 0 Å². The van der Waals surface area contributed by atoms with E-state index in [9.17, 15) is 0 Å². The summed E-state index contributed by atoms with van der Waals surface area (Å²) in [6, 6.07) is 26.2. The van der Waals surface area contributed by atoms with E-state index in [-0.39, 0.29) is 0 Å². The lowest BCUT2D eigenvalue weighted by molar-refractivity contribution is 0.224. The van der Waals surface area contributed by atoms with Crippen LogP contribution in [0, 0.1) is 23.7 Å². The van der Waals surface area contributed by atoms with Crippen LogP contribution in [-0.2, 0) is 0 Å². The second-order valence-corrected chi connectivity index (χ2v) is 41.3. The molecule has 738 valence electrons. The first-order valence-corrected chi connectivity index (χ1v) is 57.2. The van der Waals surface area contributed by atoms with Gasteiger partial charge in [0.05, 0.1) is 26.4 Å². The lowest BCUT2D eigenvalue weighted by Gasteiger charge is -2.18. The fraction of sp³-hybridized carbons (Fsp3) is 0.733. The molecule has 0 spiro atoms. The Kier molecular flexibility index (Phi) is 57.3. The lowest BCUT2D eigenvalue weighted by Crippen LogP contribution is -2.12. The van der Waals surface area contributed by atoms with Crippen molar-refractivity contribution < 1.29 is 18.9 Å². The Labute approximate surface area is 807 Å². The van der Waals surface area contributed by atoms with Gasteiger partial charge in [-0.1, -0.05) is 466 Å². The van der Waals surface area contributed by atoms with Gasteiger partial charge in [0.2, 0.25) is 0 Å². The van der Waals surface area contributed by atoms with Crippen molar-refractivity contribution in [3.8, 4) is 68.5 Å². The van der Waals surface area contributed by atoms with Crippen LogP contribution >= 0.6 is 0 Å². The summed E-state index contributed by atoms with van der Waals surface area (Å²) in [6.07, 6.45) is 94.5. The zero-order valence-corrected chi connectivity index (χ0v) is 86.3. The molecule has 0 fully saturated rings. The maximum absolute atomic E-state index is 7.11. The quantitative estimate of drug-likeness (QED) is 0.0353. The number of hydrogen-bond acceptors (Lipinski definition) is 10. The number of unbranched alkanes of at least 4 members (excludes halogenated alkanes) is 56. The van der Waals surface area contributed by atoms with Gasteiger partial charge in [0.15, 0.2) is 23.3 Å². The van der Waals surface area contributed by atoms with E-state index in [1.165, 1.54) is 462 Å². The SMILES string of the molecule is CCCCCCCCCCC(CCCCCCCCCC)COc1ccc2c(c1)-c1nc-2nc2[nH]c(nc3nc(nc4[nH]c(n1)c1ccc(OCC(CCCCCCCCCC)CCCCCCCCCC)cc41)-c1ccc(OCC(CCCCCCCCCC)CCCCCCCCCC)cc1-3)c1ccc(OCC(CCCCCCCCCC)CCCCCCCCCC)cc21. The van der Waals surface area contributed by atoms with Gasteiger partial charge in [-0.25, -0.2) is 29.9 Å². The summed E-state index contributed by atoms with van der Waals surface area (Å²) in [4.78, 5) is 41.6. The Morgan fingerprint density at radius 3 is 0.568 bits per heavy atom. The molecule has 0 radical (unpaired) electrons. The Morgan fingerprint density at radius 1 is 0.182 bits per heavy atom. The minimum atomic E-state index is 0.486. The minimum Gasteiger partial charge on any atom is -0.493 e. The molecule has 12 heteroatoms. The van der Waals surface area contributed by atoms with Gasteiger partial charge < -0.3 is 28.9 Å². The number of H-pyrrole nitrogens is 2. The average molecular weight is 1810 g/mol. The molecule has 132 heavy (non-hydrogen) atoms. The van der Waals surface area contributed by atoms with Gasteiger partial charge in [-0.15, -0.1) is 0 Å². The maximum atomic E-state index is 7.11. The number of nitrogens with zero attached hydrogens (tertiary/aromatic N) is 6. The molecule has 2 N–H and O–H groups in total. The number of rotatable bonds is 84. The molecule has 9 rings (SSSR count). The van der Waals surface area contributed by atoms with Gasteiger partial charge in [0.25, 0.3) is 0 Å². The highest BCUT2D eigenvalue weighted by Crippen LogP contribution is 2.42. The maximum Gasteiger partial charge on any atom is 0.164 e. The van der Waals surface area contributed by atoms with E-state index in [4.69, 9.17) is 48.9 Å². The minimum absolute atomic E-state index is 0.486. The molecule has 0 atom stereocenters. The third-order valence-electron chi connectivity index (χ3n) is 29.4. The van der Waals surface area contributed by atoms with Gasteiger partial charge in [-0.05, 0) is 148 Å². The predicted octanol–water partition coefficient (Wildman–Crippen LogP) is 39.1. The van der Waals surface area contributed by atoms with Crippen molar-refractivity contribution in [3.05, 3.63) is 72.8 Å². The summed E-state index contributed by atoms with van der Waals surface area (Å²) in [5, 5.41) is 3.70. The first-order chi connectivity index (χ1) is 65.3. The molecule has 2 aliphatic heterocycles. The molecule has 0 unspecified atom stereocenters. The highest BCUT2D eigenvalue weighted by atomic mass is 16.5. The van der Waals surface area contributed by atoms with Gasteiger partial charge in [-0.2, -0.15) is 0 Å². The molecule has 8 bridgehead atoms. The van der Waals surface area contributed by atoms with Crippen LogP contribution in [0.4, 0.5) is 0 Å². The zero-order valence-electron chi connectivity index (χ0n) is 86.3. The van der Waals surface area contributed by atoms with Gasteiger partial charge in [0, 0.05) is 43.8 Å². The molecule has 12 nitrogen and oxygen atoms in total. The van der Waals surface area contributed by atoms with Crippen LogP contribution in [0.15, 0.2) is 72.8 Å². The van der Waals surface area contributed by atoms with Crippen molar-refractivity contribution in [3.63, 3.8) is 0 Å². The monoisotopic (exact) mass is 1810 g/mol. The number of aromatic amines is 2.